The third-order valence-corrected chi connectivity index (χ3v) is 8.86. The molecule has 2 heterocycles. The van der Waals surface area contributed by atoms with E-state index in [1.54, 1.807) is 6.07 Å². The summed E-state index contributed by atoms with van der Waals surface area (Å²) in [6.07, 6.45) is 2.24. The summed E-state index contributed by atoms with van der Waals surface area (Å²) in [7, 11) is 0. The molecule has 0 unspecified atom stereocenters. The van der Waals surface area contributed by atoms with Crippen molar-refractivity contribution < 1.29 is 28.5 Å². The summed E-state index contributed by atoms with van der Waals surface area (Å²) in [6, 6.07) is 6.85. The van der Waals surface area contributed by atoms with Crippen LogP contribution in [0.25, 0.3) is 0 Å². The molecule has 0 radical (unpaired) electrons. The van der Waals surface area contributed by atoms with Gasteiger partial charge in [0.2, 0.25) is 5.91 Å². The lowest BCUT2D eigenvalue weighted by Crippen LogP contribution is -2.53. The van der Waals surface area contributed by atoms with Crippen LogP contribution in [0.3, 0.4) is 0 Å². The standard InChI is InChI=1S/C30H37Cl2F2N3O4/c1-29(2,17-9-12-41-13-10-17)15-24-30(35,21-7-6-18(31)14-23(21)33)25(20-4-3-5-22(32)26(20)34)27(37-24)28(40)36-11-8-19(39)16-38/h3-7,9,14,19,24-25,27,37-39H,8,10-13,15-16,35H2,1-2H3,(H,36,40)/t19-,24-,25-,27+,30+/m0/s1. The van der Waals surface area contributed by atoms with Crippen molar-refractivity contribution >= 4 is 29.1 Å². The number of ether oxygens (including phenoxy) is 1. The van der Waals surface area contributed by atoms with Crippen LogP contribution in [-0.4, -0.2) is 60.7 Å². The van der Waals surface area contributed by atoms with E-state index < -0.39 is 59.2 Å². The normalized spacial score (nSPS) is 25.6. The highest BCUT2D eigenvalue weighted by Gasteiger charge is 2.58. The molecule has 1 amide bonds. The van der Waals surface area contributed by atoms with Crippen LogP contribution in [0, 0.1) is 17.0 Å². The van der Waals surface area contributed by atoms with Crippen LogP contribution in [0.5, 0.6) is 0 Å². The van der Waals surface area contributed by atoms with Crippen molar-refractivity contribution in [3.8, 4) is 0 Å². The summed E-state index contributed by atoms with van der Waals surface area (Å²) in [5.41, 5.74) is 6.55. The Morgan fingerprint density at radius 1 is 1.29 bits per heavy atom. The summed E-state index contributed by atoms with van der Waals surface area (Å²) in [5, 5.41) is 25.0. The molecular weight excluding hydrogens is 575 g/mol. The van der Waals surface area contributed by atoms with E-state index in [-0.39, 0.29) is 34.1 Å². The predicted molar refractivity (Wildman–Crippen MR) is 155 cm³/mol. The maximum absolute atomic E-state index is 15.7. The molecule has 11 heteroatoms. The highest BCUT2D eigenvalue weighted by Crippen LogP contribution is 2.51. The Morgan fingerprint density at radius 2 is 2.05 bits per heavy atom. The van der Waals surface area contributed by atoms with Gasteiger partial charge in [0.05, 0.1) is 42.5 Å². The molecular formula is C30H37Cl2F2N3O4. The number of nitrogens with one attached hydrogen (secondary N) is 2. The smallest absolute Gasteiger partial charge is 0.237 e. The first-order chi connectivity index (χ1) is 19.4. The van der Waals surface area contributed by atoms with Gasteiger partial charge < -0.3 is 31.3 Å². The van der Waals surface area contributed by atoms with E-state index in [1.807, 2.05) is 6.08 Å². The number of aliphatic hydroxyl groups is 2. The summed E-state index contributed by atoms with van der Waals surface area (Å²) < 4.78 is 37.0. The summed E-state index contributed by atoms with van der Waals surface area (Å²) >= 11 is 12.3. The van der Waals surface area contributed by atoms with E-state index in [2.05, 4.69) is 24.5 Å². The van der Waals surface area contributed by atoms with Crippen LogP contribution in [-0.2, 0) is 15.1 Å². The summed E-state index contributed by atoms with van der Waals surface area (Å²) in [5.74, 6) is -3.00. The minimum atomic E-state index is -1.62. The molecule has 0 spiro atoms. The molecule has 224 valence electrons. The van der Waals surface area contributed by atoms with Gasteiger partial charge in [-0.15, -0.1) is 0 Å². The number of hydrogen-bond donors (Lipinski definition) is 5. The molecule has 5 atom stereocenters. The van der Waals surface area contributed by atoms with Crippen molar-refractivity contribution in [1.82, 2.24) is 10.6 Å². The molecule has 2 aliphatic rings. The zero-order valence-electron chi connectivity index (χ0n) is 23.1. The lowest BCUT2D eigenvalue weighted by Gasteiger charge is -2.41. The topological polar surface area (TPSA) is 117 Å². The Kier molecular flexibility index (Phi) is 10.1. The first-order valence-electron chi connectivity index (χ1n) is 13.7. The van der Waals surface area contributed by atoms with Gasteiger partial charge in [-0.3, -0.25) is 4.79 Å². The van der Waals surface area contributed by atoms with Crippen molar-refractivity contribution in [1.29, 1.82) is 0 Å². The Bertz CT molecular complexity index is 1290. The number of carbonyl (C=O) groups is 1. The zero-order chi connectivity index (χ0) is 29.9. The maximum atomic E-state index is 15.7. The molecule has 41 heavy (non-hydrogen) atoms. The van der Waals surface area contributed by atoms with Crippen LogP contribution in [0.1, 0.15) is 50.2 Å². The van der Waals surface area contributed by atoms with Crippen molar-refractivity contribution in [3.63, 3.8) is 0 Å². The van der Waals surface area contributed by atoms with Crippen molar-refractivity contribution in [3.05, 3.63) is 80.9 Å². The molecule has 4 rings (SSSR count). The fourth-order valence-electron chi connectivity index (χ4n) is 6.14. The number of benzene rings is 2. The van der Waals surface area contributed by atoms with E-state index in [0.29, 0.717) is 19.6 Å². The van der Waals surface area contributed by atoms with Crippen LogP contribution in [0.15, 0.2) is 48.0 Å². The average Bonchev–Trinajstić information content (AvgIpc) is 3.22. The fraction of sp³-hybridized carbons (Fsp3) is 0.500. The molecule has 0 bridgehead atoms. The van der Waals surface area contributed by atoms with Crippen molar-refractivity contribution in [2.24, 2.45) is 11.1 Å². The molecule has 1 saturated heterocycles. The van der Waals surface area contributed by atoms with E-state index in [0.717, 1.165) is 18.1 Å². The first-order valence-corrected chi connectivity index (χ1v) is 14.4. The Balaban J connectivity index is 1.85. The SMILES string of the molecule is CC(C)(C[C@@H]1N[C@@H](C(=O)NCC[C@H](O)CO)[C@H](c2cccc(Cl)c2F)[C@@]1(N)c1ccc(Cl)cc1F)C1=CCOCC1. The van der Waals surface area contributed by atoms with Gasteiger partial charge in [0, 0.05) is 29.1 Å². The minimum Gasteiger partial charge on any atom is -0.394 e. The fourth-order valence-corrected chi connectivity index (χ4v) is 6.48. The second-order valence-electron chi connectivity index (χ2n) is 11.4. The Hall–Kier alpha value is -2.11. The molecule has 2 aliphatic heterocycles. The monoisotopic (exact) mass is 611 g/mol. The van der Waals surface area contributed by atoms with E-state index in [4.69, 9.17) is 38.8 Å². The number of amides is 1. The van der Waals surface area contributed by atoms with Crippen LogP contribution in [0.2, 0.25) is 10.0 Å². The van der Waals surface area contributed by atoms with Crippen LogP contribution < -0.4 is 16.4 Å². The Morgan fingerprint density at radius 3 is 2.71 bits per heavy atom. The minimum absolute atomic E-state index is 0.0550. The van der Waals surface area contributed by atoms with Gasteiger partial charge in [-0.25, -0.2) is 8.78 Å². The third kappa shape index (κ3) is 6.62. The lowest BCUT2D eigenvalue weighted by molar-refractivity contribution is -0.123. The third-order valence-electron chi connectivity index (χ3n) is 8.34. The molecule has 7 nitrogen and oxygen atoms in total. The summed E-state index contributed by atoms with van der Waals surface area (Å²) in [6.45, 7) is 4.78. The zero-order valence-corrected chi connectivity index (χ0v) is 24.6. The highest BCUT2D eigenvalue weighted by molar-refractivity contribution is 6.31. The first kappa shape index (κ1) is 31.8. The average molecular weight is 613 g/mol. The number of hydrogen-bond acceptors (Lipinski definition) is 6. The second kappa shape index (κ2) is 13.0. The Labute approximate surface area is 249 Å². The van der Waals surface area contributed by atoms with E-state index >= 15 is 8.78 Å². The van der Waals surface area contributed by atoms with Gasteiger partial charge in [0.1, 0.15) is 11.6 Å². The van der Waals surface area contributed by atoms with Gasteiger partial charge in [-0.05, 0) is 48.4 Å². The summed E-state index contributed by atoms with van der Waals surface area (Å²) in [4.78, 5) is 13.7. The number of halogens is 4. The predicted octanol–water partition coefficient (Wildman–Crippen LogP) is 4.17. The van der Waals surface area contributed by atoms with E-state index in [1.165, 1.54) is 24.3 Å². The van der Waals surface area contributed by atoms with Gasteiger partial charge >= 0.3 is 0 Å². The molecule has 1 fully saturated rings. The van der Waals surface area contributed by atoms with Gasteiger partial charge in [-0.2, -0.15) is 0 Å². The number of nitrogens with two attached hydrogens (primary N) is 1. The van der Waals surface area contributed by atoms with Gasteiger partial charge in [0.15, 0.2) is 0 Å². The number of aliphatic hydroxyl groups excluding tert-OH is 2. The largest absolute Gasteiger partial charge is 0.394 e. The van der Waals surface area contributed by atoms with Gasteiger partial charge in [-0.1, -0.05) is 66.9 Å². The second-order valence-corrected chi connectivity index (χ2v) is 12.3. The molecule has 0 aliphatic carbocycles. The van der Waals surface area contributed by atoms with Crippen LogP contribution in [0.4, 0.5) is 8.78 Å². The molecule has 6 N–H and O–H groups in total. The van der Waals surface area contributed by atoms with Crippen LogP contribution >= 0.6 is 23.2 Å². The maximum Gasteiger partial charge on any atom is 0.237 e. The highest BCUT2D eigenvalue weighted by atomic mass is 35.5. The number of rotatable bonds is 10. The molecule has 2 aromatic carbocycles. The lowest BCUT2D eigenvalue weighted by atomic mass is 9.66. The quantitative estimate of drug-likeness (QED) is 0.257. The number of carbonyl (C=O) groups excluding carboxylic acids is 1. The molecule has 0 aromatic heterocycles. The van der Waals surface area contributed by atoms with E-state index in [9.17, 15) is 9.90 Å². The van der Waals surface area contributed by atoms with Crippen molar-refractivity contribution in [2.75, 3.05) is 26.4 Å². The van der Waals surface area contributed by atoms with Gasteiger partial charge in [0.25, 0.3) is 0 Å². The van der Waals surface area contributed by atoms with Crippen molar-refractivity contribution in [2.45, 2.75) is 62.8 Å². The molecule has 0 saturated carbocycles. The molecule has 2 aromatic rings.